The fourth-order valence-corrected chi connectivity index (χ4v) is 6.08. The van der Waals surface area contributed by atoms with Gasteiger partial charge in [0.2, 0.25) is 11.8 Å². The first-order valence-electron chi connectivity index (χ1n) is 8.96. The highest BCUT2D eigenvalue weighted by Crippen LogP contribution is 2.28. The molecule has 2 amide bonds. The average Bonchev–Trinajstić information content (AvgIpc) is 3.36. The molecule has 2 N–H and O–H groups in total. The van der Waals surface area contributed by atoms with Crippen LogP contribution in [0.25, 0.3) is 11.3 Å². The molecule has 3 aromatic rings. The van der Waals surface area contributed by atoms with E-state index in [0.717, 1.165) is 26.8 Å². The highest BCUT2D eigenvalue weighted by molar-refractivity contribution is 7.91. The summed E-state index contributed by atoms with van der Waals surface area (Å²) in [5, 5.41) is 7.53. The summed E-state index contributed by atoms with van der Waals surface area (Å²) in [5.74, 6) is -0.595. The van der Waals surface area contributed by atoms with Crippen molar-refractivity contribution < 1.29 is 18.0 Å². The van der Waals surface area contributed by atoms with Gasteiger partial charge in [-0.1, -0.05) is 35.9 Å². The molecule has 0 unspecified atom stereocenters. The number of likely N-dealkylation sites (N-methyl/N-ethyl adjacent to an activating group) is 1. The molecule has 0 aliphatic heterocycles. The molecular formula is C19H19ClN4O4S3. The summed E-state index contributed by atoms with van der Waals surface area (Å²) in [7, 11) is -2.46. The molecule has 0 radical (unpaired) electrons. The zero-order valence-corrected chi connectivity index (χ0v) is 19.8. The maximum Gasteiger partial charge on any atom is 0.252 e. The molecule has 0 atom stereocenters. The minimum Gasteiger partial charge on any atom is -0.352 e. The van der Waals surface area contributed by atoms with E-state index in [2.05, 4.69) is 15.6 Å². The largest absolute Gasteiger partial charge is 0.352 e. The third-order valence-corrected chi connectivity index (χ3v) is 8.38. The SMILES string of the molecule is CC(=O)NCc1ccc(-c2csc(NC(=O)CN(C)S(=O)(=O)c3ccc(Cl)s3)n2)cc1. The zero-order valence-electron chi connectivity index (χ0n) is 16.6. The Morgan fingerprint density at radius 1 is 1.16 bits per heavy atom. The van der Waals surface area contributed by atoms with E-state index in [-0.39, 0.29) is 16.7 Å². The van der Waals surface area contributed by atoms with Gasteiger partial charge in [-0.05, 0) is 17.7 Å². The van der Waals surface area contributed by atoms with Crippen LogP contribution in [0.15, 0.2) is 46.0 Å². The number of carbonyl (C=O) groups excluding carboxylic acids is 2. The second-order valence-corrected chi connectivity index (χ2v) is 11.4. The third kappa shape index (κ3) is 6.11. The molecule has 0 saturated heterocycles. The van der Waals surface area contributed by atoms with E-state index in [0.29, 0.717) is 21.7 Å². The number of hydrogen-bond acceptors (Lipinski definition) is 7. The van der Waals surface area contributed by atoms with Crippen LogP contribution in [0.2, 0.25) is 4.34 Å². The molecule has 2 heterocycles. The molecule has 12 heteroatoms. The van der Waals surface area contributed by atoms with Crippen molar-refractivity contribution in [2.75, 3.05) is 18.9 Å². The molecule has 0 saturated carbocycles. The Balaban J connectivity index is 1.60. The number of sulfonamides is 1. The van der Waals surface area contributed by atoms with Crippen LogP contribution in [0, 0.1) is 0 Å². The second-order valence-electron chi connectivity index (χ2n) is 6.51. The van der Waals surface area contributed by atoms with Gasteiger partial charge in [-0.25, -0.2) is 13.4 Å². The molecule has 2 aromatic heterocycles. The van der Waals surface area contributed by atoms with E-state index in [1.165, 1.54) is 37.4 Å². The first-order chi connectivity index (χ1) is 14.6. The Labute approximate surface area is 192 Å². The molecule has 0 fully saturated rings. The molecule has 164 valence electrons. The molecule has 0 bridgehead atoms. The van der Waals surface area contributed by atoms with E-state index in [4.69, 9.17) is 11.6 Å². The van der Waals surface area contributed by atoms with E-state index in [9.17, 15) is 18.0 Å². The lowest BCUT2D eigenvalue weighted by atomic mass is 10.1. The molecular weight excluding hydrogens is 480 g/mol. The van der Waals surface area contributed by atoms with Gasteiger partial charge >= 0.3 is 0 Å². The fourth-order valence-electron chi connectivity index (χ4n) is 2.52. The lowest BCUT2D eigenvalue weighted by Gasteiger charge is -2.15. The maximum atomic E-state index is 12.5. The molecule has 3 rings (SSSR count). The highest BCUT2D eigenvalue weighted by atomic mass is 35.5. The third-order valence-electron chi connectivity index (χ3n) is 4.12. The quantitative estimate of drug-likeness (QED) is 0.494. The molecule has 1 aromatic carbocycles. The van der Waals surface area contributed by atoms with E-state index in [1.807, 2.05) is 24.3 Å². The van der Waals surface area contributed by atoms with Gasteiger partial charge in [0.15, 0.2) is 5.13 Å². The van der Waals surface area contributed by atoms with Crippen molar-refractivity contribution in [1.82, 2.24) is 14.6 Å². The number of carbonyl (C=O) groups is 2. The van der Waals surface area contributed by atoms with Crippen LogP contribution >= 0.6 is 34.3 Å². The molecule has 0 aliphatic rings. The summed E-state index contributed by atoms with van der Waals surface area (Å²) in [4.78, 5) is 27.7. The Morgan fingerprint density at radius 2 is 1.87 bits per heavy atom. The number of nitrogens with one attached hydrogen (secondary N) is 2. The van der Waals surface area contributed by atoms with Crippen LogP contribution in [0.1, 0.15) is 12.5 Å². The monoisotopic (exact) mass is 498 g/mol. The van der Waals surface area contributed by atoms with Crippen LogP contribution in [-0.2, 0) is 26.2 Å². The van der Waals surface area contributed by atoms with Crippen molar-refractivity contribution in [2.24, 2.45) is 0 Å². The first kappa shape index (κ1) is 23.4. The van der Waals surface area contributed by atoms with Crippen molar-refractivity contribution in [3.63, 3.8) is 0 Å². The smallest absolute Gasteiger partial charge is 0.252 e. The van der Waals surface area contributed by atoms with Gasteiger partial charge in [0.1, 0.15) is 4.21 Å². The van der Waals surface area contributed by atoms with Gasteiger partial charge in [-0.2, -0.15) is 4.31 Å². The second kappa shape index (κ2) is 9.88. The van der Waals surface area contributed by atoms with Crippen LogP contribution in [0.5, 0.6) is 0 Å². The fraction of sp³-hybridized carbons (Fsp3) is 0.211. The number of hydrogen-bond donors (Lipinski definition) is 2. The van der Waals surface area contributed by atoms with Gasteiger partial charge in [-0.3, -0.25) is 9.59 Å². The van der Waals surface area contributed by atoms with Gasteiger partial charge in [0, 0.05) is 31.5 Å². The predicted molar refractivity (Wildman–Crippen MR) is 123 cm³/mol. The Morgan fingerprint density at radius 3 is 2.48 bits per heavy atom. The van der Waals surface area contributed by atoms with Gasteiger partial charge < -0.3 is 10.6 Å². The molecule has 0 spiro atoms. The van der Waals surface area contributed by atoms with Crippen molar-refractivity contribution >= 4 is 61.2 Å². The minimum absolute atomic E-state index is 0.0753. The predicted octanol–water partition coefficient (Wildman–Crippen LogP) is 3.42. The zero-order chi connectivity index (χ0) is 22.6. The topological polar surface area (TPSA) is 108 Å². The lowest BCUT2D eigenvalue weighted by Crippen LogP contribution is -2.34. The average molecular weight is 499 g/mol. The summed E-state index contributed by atoms with van der Waals surface area (Å²) in [6, 6.07) is 10.4. The van der Waals surface area contributed by atoms with E-state index < -0.39 is 15.9 Å². The number of anilines is 1. The van der Waals surface area contributed by atoms with Crippen LogP contribution in [0.3, 0.4) is 0 Å². The van der Waals surface area contributed by atoms with Crippen LogP contribution in [-0.4, -0.2) is 43.1 Å². The Hall–Kier alpha value is -2.31. The van der Waals surface area contributed by atoms with Crippen LogP contribution < -0.4 is 10.6 Å². The number of halogens is 1. The minimum atomic E-state index is -3.79. The first-order valence-corrected chi connectivity index (χ1v) is 12.5. The number of amides is 2. The normalized spacial score (nSPS) is 11.5. The van der Waals surface area contributed by atoms with E-state index >= 15 is 0 Å². The van der Waals surface area contributed by atoms with Crippen LogP contribution in [0.4, 0.5) is 5.13 Å². The van der Waals surface area contributed by atoms with Gasteiger partial charge in [0.25, 0.3) is 10.0 Å². The lowest BCUT2D eigenvalue weighted by molar-refractivity contribution is -0.119. The standard InChI is InChI=1S/C19H19ClN4O4S3/c1-12(25)21-9-13-3-5-14(6-4-13)15-11-29-19(22-15)23-17(26)10-24(2)31(27,28)18-8-7-16(20)30-18/h3-8,11H,9-10H2,1-2H3,(H,21,25)(H,22,23,26). The molecule has 31 heavy (non-hydrogen) atoms. The number of thiophene rings is 1. The summed E-state index contributed by atoms with van der Waals surface area (Å²) < 4.78 is 26.4. The maximum absolute atomic E-state index is 12.5. The van der Waals surface area contributed by atoms with Gasteiger partial charge in [0.05, 0.1) is 16.6 Å². The van der Waals surface area contributed by atoms with Crippen molar-refractivity contribution in [2.45, 2.75) is 17.7 Å². The number of aromatic nitrogens is 1. The Bertz CT molecular complexity index is 1190. The number of nitrogens with zero attached hydrogens (tertiary/aromatic N) is 2. The summed E-state index contributed by atoms with van der Waals surface area (Å²) in [6.07, 6.45) is 0. The summed E-state index contributed by atoms with van der Waals surface area (Å²) in [5.41, 5.74) is 2.50. The van der Waals surface area contributed by atoms with Crippen molar-refractivity contribution in [3.05, 3.63) is 51.7 Å². The Kier molecular flexibility index (Phi) is 7.44. The van der Waals surface area contributed by atoms with Crippen molar-refractivity contribution in [3.8, 4) is 11.3 Å². The number of thiazole rings is 1. The number of rotatable bonds is 8. The van der Waals surface area contributed by atoms with Gasteiger partial charge in [-0.15, -0.1) is 22.7 Å². The van der Waals surface area contributed by atoms with Crippen molar-refractivity contribution in [1.29, 1.82) is 0 Å². The molecule has 8 nitrogen and oxygen atoms in total. The molecule has 0 aliphatic carbocycles. The highest BCUT2D eigenvalue weighted by Gasteiger charge is 2.25. The number of benzene rings is 1. The summed E-state index contributed by atoms with van der Waals surface area (Å²) >= 11 is 7.98. The van der Waals surface area contributed by atoms with E-state index in [1.54, 1.807) is 5.38 Å². The summed E-state index contributed by atoms with van der Waals surface area (Å²) in [6.45, 7) is 1.55.